The van der Waals surface area contributed by atoms with Gasteiger partial charge in [-0.05, 0) is 256 Å². The molecule has 18 nitrogen and oxygen atoms in total. The first-order chi connectivity index (χ1) is 61.4. The fourth-order valence-corrected chi connectivity index (χ4v) is 17.1. The zero-order valence-electron chi connectivity index (χ0n) is 76.5. The molecule has 10 rings (SSSR count). The Morgan fingerprint density at radius 2 is 0.357 bits per heavy atom. The third-order valence-electron chi connectivity index (χ3n) is 24.2. The van der Waals surface area contributed by atoms with Crippen LogP contribution in [0.25, 0.3) is 33.4 Å². The SMILES string of the molecule is CCCCCC(=O)OC1C=C(c2ccc(N(c3ccc(C4=CC(OC(=O)CCCCC)CCC4OC(=O)CCCCC)cc3)c3ccc(-c4ccc(N(c5ccc(C6=CC(OC(=O)CCCCC)CCC6OC(=O)CCCCC)cc5)c5ccc(C6=CC(OC(=O)CCCCC)CCC6OC(=O)CCCCC)cc5)cc4)cc3)cc2)C(OC(=O)CCCCC)CC1. The van der Waals surface area contributed by atoms with Crippen LogP contribution in [0.4, 0.5) is 34.1 Å². The molecule has 8 unspecified atom stereocenters. The second kappa shape index (κ2) is 52.7. The summed E-state index contributed by atoms with van der Waals surface area (Å²) in [6.45, 7) is 16.8. The number of anilines is 6. The number of rotatable bonds is 51. The molecule has 0 aliphatic heterocycles. The topological polar surface area (TPSA) is 217 Å². The molecule has 0 saturated carbocycles. The Kier molecular flexibility index (Phi) is 40.9. The summed E-state index contributed by atoms with van der Waals surface area (Å²) in [7, 11) is 0. The van der Waals surface area contributed by atoms with Crippen molar-refractivity contribution in [3.05, 3.63) is 192 Å². The lowest BCUT2D eigenvalue weighted by Gasteiger charge is -2.30. The van der Waals surface area contributed by atoms with Crippen LogP contribution in [0, 0.1) is 0 Å². The molecule has 0 amide bonds. The summed E-state index contributed by atoms with van der Waals surface area (Å²) in [6.07, 6.45) is 31.8. The number of hydrogen-bond acceptors (Lipinski definition) is 18. The number of carbonyl (C=O) groups is 8. The van der Waals surface area contributed by atoms with Crippen LogP contribution in [0.5, 0.6) is 0 Å². The lowest BCUT2D eigenvalue weighted by atomic mass is 9.89. The molecule has 0 heterocycles. The Morgan fingerprint density at radius 1 is 0.206 bits per heavy atom. The molecule has 0 N–H and O–H groups in total. The molecule has 18 heteroatoms. The molecule has 126 heavy (non-hydrogen) atoms. The predicted molar refractivity (Wildman–Crippen MR) is 502 cm³/mol. The normalized spacial score (nSPS) is 18.6. The average molecular weight is 1720 g/mol. The highest BCUT2D eigenvalue weighted by atomic mass is 16.6. The van der Waals surface area contributed by atoms with E-state index in [1.54, 1.807) is 0 Å². The van der Waals surface area contributed by atoms with Crippen molar-refractivity contribution in [2.24, 2.45) is 0 Å². The summed E-state index contributed by atoms with van der Waals surface area (Å²) < 4.78 is 49.5. The minimum absolute atomic E-state index is 0.239. The minimum atomic E-state index is -0.538. The third kappa shape index (κ3) is 30.4. The Morgan fingerprint density at radius 3 is 0.516 bits per heavy atom. The number of carbonyl (C=O) groups excluding carboxylic acids is 8. The van der Waals surface area contributed by atoms with Crippen molar-refractivity contribution in [2.75, 3.05) is 9.80 Å². The van der Waals surface area contributed by atoms with Crippen LogP contribution in [0.15, 0.2) is 170 Å². The Labute approximate surface area is 750 Å². The first kappa shape index (κ1) is 97.8. The van der Waals surface area contributed by atoms with Gasteiger partial charge in [-0.3, -0.25) is 38.4 Å². The van der Waals surface area contributed by atoms with E-state index < -0.39 is 48.8 Å². The summed E-state index contributed by atoms with van der Waals surface area (Å²) in [6, 6.07) is 49.7. The number of benzene rings is 6. The van der Waals surface area contributed by atoms with Gasteiger partial charge in [-0.1, -0.05) is 231 Å². The first-order valence-electron chi connectivity index (χ1n) is 48.1. The second-order valence-corrected chi connectivity index (χ2v) is 34.4. The van der Waals surface area contributed by atoms with Gasteiger partial charge < -0.3 is 47.7 Å². The standard InChI is InChI=1S/C108H140N2O16/c1-9-17-25-33-101(111)119-89-65-69-97(123-105(115)37-29-21-13-5)93(73-89)79-45-57-85(58-46-79)109(86-59-47-80(48-60-86)94-74-90(120-102(112)34-26-18-10-2)66-70-98(94)124-106(116)38-30-22-14-6)83-53-41-77(42-54-83)78-43-55-84(56-44-78)110(87-61-49-81(50-62-87)95-75-91(121-103(113)35-27-19-11-3)67-71-99(95)125-107(117)39-31-23-15-7)88-63-51-82(52-64-88)96-76-92(122-104(114)36-28-20-12-4)68-72-100(96)126-108(118)40-32-24-16-8/h41-64,73-76,89-92,97-100H,9-40,65-72H2,1-8H3. The monoisotopic (exact) mass is 1720 g/mol. The van der Waals surface area contributed by atoms with E-state index in [4.69, 9.17) is 37.9 Å². The maximum atomic E-state index is 13.5. The molecule has 6 aromatic carbocycles. The van der Waals surface area contributed by atoms with E-state index in [1.165, 1.54) is 0 Å². The van der Waals surface area contributed by atoms with Gasteiger partial charge in [0.15, 0.2) is 0 Å². The van der Waals surface area contributed by atoms with Crippen LogP contribution in [0.3, 0.4) is 0 Å². The summed E-state index contributed by atoms with van der Waals surface area (Å²) in [5, 5.41) is 0. The summed E-state index contributed by atoms with van der Waals surface area (Å²) in [4.78, 5) is 111. The van der Waals surface area contributed by atoms with Gasteiger partial charge >= 0.3 is 47.8 Å². The molecule has 0 bridgehead atoms. The zero-order chi connectivity index (χ0) is 89.4. The van der Waals surface area contributed by atoms with Crippen molar-refractivity contribution in [3.8, 4) is 11.1 Å². The van der Waals surface area contributed by atoms with Gasteiger partial charge in [0.2, 0.25) is 0 Å². The lowest BCUT2D eigenvalue weighted by molar-refractivity contribution is -0.151. The Balaban J connectivity index is 1.03. The molecule has 4 aliphatic carbocycles. The van der Waals surface area contributed by atoms with E-state index in [0.29, 0.717) is 103 Å². The van der Waals surface area contributed by atoms with Gasteiger partial charge in [0.25, 0.3) is 0 Å². The molecule has 678 valence electrons. The van der Waals surface area contributed by atoms with Crippen molar-refractivity contribution < 1.29 is 76.3 Å². The van der Waals surface area contributed by atoms with Crippen molar-refractivity contribution in [3.63, 3.8) is 0 Å². The van der Waals surface area contributed by atoms with Crippen LogP contribution >= 0.6 is 0 Å². The number of ether oxygens (including phenoxy) is 8. The molecule has 0 spiro atoms. The maximum Gasteiger partial charge on any atom is 0.306 e. The molecular weight excluding hydrogens is 1580 g/mol. The van der Waals surface area contributed by atoms with E-state index in [1.807, 2.05) is 72.8 Å². The molecule has 0 saturated heterocycles. The van der Waals surface area contributed by atoms with Gasteiger partial charge in [0.05, 0.1) is 0 Å². The van der Waals surface area contributed by atoms with Crippen molar-refractivity contribution in [1.29, 1.82) is 0 Å². The number of unbranched alkanes of at least 4 members (excludes halogenated alkanes) is 16. The molecule has 0 fully saturated rings. The summed E-state index contributed by atoms with van der Waals surface area (Å²) >= 11 is 0. The summed E-state index contributed by atoms with van der Waals surface area (Å²) in [5.41, 5.74) is 13.4. The fourth-order valence-electron chi connectivity index (χ4n) is 17.1. The van der Waals surface area contributed by atoms with Crippen LogP contribution in [-0.2, 0) is 76.3 Å². The van der Waals surface area contributed by atoms with E-state index >= 15 is 0 Å². The molecule has 0 radical (unpaired) electrons. The Hall–Kier alpha value is -10.4. The van der Waals surface area contributed by atoms with Crippen LogP contribution in [0.2, 0.25) is 0 Å². The Bertz CT molecular complexity index is 4010. The average Bonchev–Trinajstić information content (AvgIpc) is 0.785. The van der Waals surface area contributed by atoms with Crippen LogP contribution in [0.1, 0.15) is 334 Å². The molecular formula is C108H140N2O16. The molecule has 0 aromatic heterocycles. The molecule has 6 aromatic rings. The largest absolute Gasteiger partial charge is 0.458 e. The molecule has 8 atom stereocenters. The maximum absolute atomic E-state index is 13.5. The molecule has 4 aliphatic rings. The summed E-state index contributed by atoms with van der Waals surface area (Å²) in [5.74, 6) is -1.96. The number of nitrogens with zero attached hydrogens (tertiary/aromatic N) is 2. The second-order valence-electron chi connectivity index (χ2n) is 34.4. The smallest absolute Gasteiger partial charge is 0.306 e. The van der Waals surface area contributed by atoms with Gasteiger partial charge in [0, 0.05) is 85.5 Å². The van der Waals surface area contributed by atoms with E-state index in [2.05, 4.69) is 162 Å². The number of esters is 8. The van der Waals surface area contributed by atoms with Crippen LogP contribution in [-0.4, -0.2) is 96.6 Å². The van der Waals surface area contributed by atoms with Crippen molar-refractivity contribution in [1.82, 2.24) is 0 Å². The first-order valence-corrected chi connectivity index (χ1v) is 48.1. The predicted octanol–water partition coefficient (Wildman–Crippen LogP) is 26.9. The van der Waals surface area contributed by atoms with Crippen LogP contribution < -0.4 is 9.80 Å². The van der Waals surface area contributed by atoms with Gasteiger partial charge in [-0.15, -0.1) is 0 Å². The van der Waals surface area contributed by atoms with Crippen molar-refractivity contribution in [2.45, 2.75) is 361 Å². The van der Waals surface area contributed by atoms with Gasteiger partial charge in [-0.2, -0.15) is 0 Å². The highest BCUT2D eigenvalue weighted by molar-refractivity contribution is 5.87. The minimum Gasteiger partial charge on any atom is -0.458 e. The van der Waals surface area contributed by atoms with E-state index in [9.17, 15) is 38.4 Å². The quantitative estimate of drug-likeness (QED) is 0.0197. The highest BCUT2D eigenvalue weighted by Gasteiger charge is 2.35. The van der Waals surface area contributed by atoms with E-state index in [0.717, 1.165) is 244 Å². The lowest BCUT2D eigenvalue weighted by Crippen LogP contribution is -2.29. The number of hydrogen-bond donors (Lipinski definition) is 0. The van der Waals surface area contributed by atoms with Gasteiger partial charge in [-0.25, -0.2) is 0 Å². The third-order valence-corrected chi connectivity index (χ3v) is 24.2. The van der Waals surface area contributed by atoms with Gasteiger partial charge in [0.1, 0.15) is 48.8 Å². The highest BCUT2D eigenvalue weighted by Crippen LogP contribution is 2.44. The zero-order valence-corrected chi connectivity index (χ0v) is 76.5. The fraction of sp³-hybridized carbons (Fsp3) is 0.519. The van der Waals surface area contributed by atoms with E-state index in [-0.39, 0.29) is 47.8 Å². The van der Waals surface area contributed by atoms with Crippen molar-refractivity contribution >= 4 is 104 Å².